The molecular formula is C6H12N2O3. The van der Waals surface area contributed by atoms with Gasteiger partial charge in [-0.05, 0) is 6.92 Å². The predicted octanol–water partition coefficient (Wildman–Crippen LogP) is -2.45. The lowest BCUT2D eigenvalue weighted by molar-refractivity contribution is -0.122. The molecule has 0 bridgehead atoms. The van der Waals surface area contributed by atoms with E-state index in [1.165, 1.54) is 0 Å². The molecule has 0 unspecified atom stereocenters. The van der Waals surface area contributed by atoms with Gasteiger partial charge in [-0.25, -0.2) is 0 Å². The van der Waals surface area contributed by atoms with E-state index in [0.717, 1.165) is 0 Å². The zero-order valence-corrected chi connectivity index (χ0v) is 6.19. The fourth-order valence-electron chi connectivity index (χ4n) is 1.22. The summed E-state index contributed by atoms with van der Waals surface area (Å²) in [6, 6.07) is -1.11. The molecule has 4 atom stereocenters. The van der Waals surface area contributed by atoms with Gasteiger partial charge in [0.15, 0.2) is 0 Å². The van der Waals surface area contributed by atoms with Gasteiger partial charge in [-0.2, -0.15) is 0 Å². The number of aliphatic hydroxyl groups is 2. The minimum Gasteiger partial charge on any atom is -0.389 e. The van der Waals surface area contributed by atoms with Crippen molar-refractivity contribution >= 4 is 5.91 Å². The summed E-state index contributed by atoms with van der Waals surface area (Å²) in [5, 5.41) is 21.0. The van der Waals surface area contributed by atoms with E-state index in [1.54, 1.807) is 6.92 Å². The smallest absolute Gasteiger partial charge is 0.237 e. The number of rotatable bonds is 1. The summed E-state index contributed by atoms with van der Waals surface area (Å²) >= 11 is 0. The maximum absolute atomic E-state index is 10.6. The molecule has 0 saturated carbocycles. The van der Waals surface area contributed by atoms with Gasteiger partial charge in [0.1, 0.15) is 12.1 Å². The van der Waals surface area contributed by atoms with E-state index in [9.17, 15) is 9.90 Å². The molecule has 1 aliphatic heterocycles. The zero-order chi connectivity index (χ0) is 8.59. The third-order valence-electron chi connectivity index (χ3n) is 1.95. The molecule has 5 heteroatoms. The molecule has 1 fully saturated rings. The first-order valence-electron chi connectivity index (χ1n) is 3.45. The summed E-state index contributed by atoms with van der Waals surface area (Å²) in [5.74, 6) is -0.638. The Labute approximate surface area is 64.2 Å². The Morgan fingerprint density at radius 3 is 2.18 bits per heavy atom. The zero-order valence-electron chi connectivity index (χ0n) is 6.19. The third kappa shape index (κ3) is 1.35. The molecule has 1 heterocycles. The van der Waals surface area contributed by atoms with Crippen LogP contribution in [0.15, 0.2) is 0 Å². The Kier molecular flexibility index (Phi) is 2.12. The van der Waals surface area contributed by atoms with E-state index in [-0.39, 0.29) is 6.04 Å². The second-order valence-corrected chi connectivity index (χ2v) is 2.82. The van der Waals surface area contributed by atoms with Gasteiger partial charge in [0.05, 0.1) is 6.10 Å². The van der Waals surface area contributed by atoms with Crippen molar-refractivity contribution in [2.75, 3.05) is 0 Å². The number of primary amides is 1. The van der Waals surface area contributed by atoms with Gasteiger partial charge in [0, 0.05) is 6.04 Å². The van der Waals surface area contributed by atoms with Crippen LogP contribution in [0.25, 0.3) is 0 Å². The minimum absolute atomic E-state index is 0.289. The average Bonchev–Trinajstić information content (AvgIpc) is 2.17. The number of nitrogens with two attached hydrogens (primary N) is 1. The first-order chi connectivity index (χ1) is 5.04. The van der Waals surface area contributed by atoms with Gasteiger partial charge in [-0.3, -0.25) is 10.1 Å². The van der Waals surface area contributed by atoms with Gasteiger partial charge in [-0.1, -0.05) is 0 Å². The van der Waals surface area contributed by atoms with Gasteiger partial charge in [-0.15, -0.1) is 0 Å². The topological polar surface area (TPSA) is 95.6 Å². The highest BCUT2D eigenvalue weighted by atomic mass is 16.3. The van der Waals surface area contributed by atoms with E-state index in [4.69, 9.17) is 10.8 Å². The van der Waals surface area contributed by atoms with Crippen molar-refractivity contribution in [3.8, 4) is 0 Å². The molecule has 5 nitrogen and oxygen atoms in total. The van der Waals surface area contributed by atoms with Crippen LogP contribution in [0.5, 0.6) is 0 Å². The molecule has 0 aliphatic carbocycles. The SMILES string of the molecule is C[C@@H]1N[C@@H](C(N)=O)[C@H](O)[C@@H]1O. The summed E-state index contributed by atoms with van der Waals surface area (Å²) in [6.45, 7) is 1.68. The predicted molar refractivity (Wildman–Crippen MR) is 37.6 cm³/mol. The second-order valence-electron chi connectivity index (χ2n) is 2.82. The van der Waals surface area contributed by atoms with Crippen molar-refractivity contribution in [1.29, 1.82) is 0 Å². The fourth-order valence-corrected chi connectivity index (χ4v) is 1.22. The molecule has 0 aromatic heterocycles. The quantitative estimate of drug-likeness (QED) is 0.342. The van der Waals surface area contributed by atoms with Gasteiger partial charge >= 0.3 is 0 Å². The largest absolute Gasteiger partial charge is 0.389 e. The first-order valence-corrected chi connectivity index (χ1v) is 3.45. The van der Waals surface area contributed by atoms with Crippen LogP contribution in [0.4, 0.5) is 0 Å². The van der Waals surface area contributed by atoms with Crippen LogP contribution in [0.3, 0.4) is 0 Å². The Bertz CT molecular complexity index is 173. The maximum atomic E-state index is 10.6. The molecule has 0 aromatic carbocycles. The summed E-state index contributed by atoms with van der Waals surface area (Å²) in [6.07, 6.45) is -1.99. The summed E-state index contributed by atoms with van der Waals surface area (Å²) in [5.41, 5.74) is 4.94. The van der Waals surface area contributed by atoms with Crippen LogP contribution in [0, 0.1) is 0 Å². The van der Waals surface area contributed by atoms with Crippen LogP contribution < -0.4 is 11.1 Å². The Morgan fingerprint density at radius 1 is 1.45 bits per heavy atom. The molecule has 1 aliphatic rings. The molecule has 64 valence electrons. The lowest BCUT2D eigenvalue weighted by Gasteiger charge is -2.11. The molecule has 1 amide bonds. The normalized spacial score (nSPS) is 44.3. The van der Waals surface area contributed by atoms with Crippen molar-refractivity contribution in [1.82, 2.24) is 5.32 Å². The van der Waals surface area contributed by atoms with E-state index >= 15 is 0 Å². The third-order valence-corrected chi connectivity index (χ3v) is 1.95. The van der Waals surface area contributed by atoms with E-state index in [1.807, 2.05) is 0 Å². The molecule has 5 N–H and O–H groups in total. The lowest BCUT2D eigenvalue weighted by atomic mass is 10.1. The Morgan fingerprint density at radius 2 is 2.00 bits per heavy atom. The second kappa shape index (κ2) is 2.77. The van der Waals surface area contributed by atoms with Crippen LogP contribution in [-0.2, 0) is 4.79 Å². The molecule has 1 saturated heterocycles. The molecule has 0 aromatic rings. The van der Waals surface area contributed by atoms with Crippen LogP contribution in [0.2, 0.25) is 0 Å². The highest BCUT2D eigenvalue weighted by Crippen LogP contribution is 2.13. The number of aliphatic hydroxyl groups excluding tert-OH is 2. The molecular weight excluding hydrogens is 148 g/mol. The summed E-state index contributed by atoms with van der Waals surface area (Å²) in [7, 11) is 0. The number of hydrogen-bond acceptors (Lipinski definition) is 4. The Balaban J connectivity index is 2.67. The number of nitrogens with one attached hydrogen (secondary N) is 1. The standard InChI is InChI=1S/C6H12N2O3/c1-2-4(9)5(10)3(8-2)6(7)11/h2-5,8-10H,1H3,(H2,7,11)/t2-,3+,4+,5-/m0/s1. The van der Waals surface area contributed by atoms with Gasteiger partial charge in [0.25, 0.3) is 0 Å². The van der Waals surface area contributed by atoms with Gasteiger partial charge < -0.3 is 15.9 Å². The number of amides is 1. The van der Waals surface area contributed by atoms with Crippen molar-refractivity contribution in [2.45, 2.75) is 31.2 Å². The van der Waals surface area contributed by atoms with Crippen molar-refractivity contribution < 1.29 is 15.0 Å². The first kappa shape index (κ1) is 8.45. The van der Waals surface area contributed by atoms with Crippen LogP contribution in [0.1, 0.15) is 6.92 Å². The highest BCUT2D eigenvalue weighted by molar-refractivity contribution is 5.81. The van der Waals surface area contributed by atoms with Gasteiger partial charge in [0.2, 0.25) is 5.91 Å². The van der Waals surface area contributed by atoms with Crippen molar-refractivity contribution in [3.05, 3.63) is 0 Å². The number of carbonyl (C=O) groups excluding carboxylic acids is 1. The minimum atomic E-state index is -1.08. The number of carbonyl (C=O) groups is 1. The fraction of sp³-hybridized carbons (Fsp3) is 0.833. The van der Waals surface area contributed by atoms with Crippen LogP contribution >= 0.6 is 0 Å². The van der Waals surface area contributed by atoms with Crippen LogP contribution in [-0.4, -0.2) is 40.4 Å². The molecule has 0 radical (unpaired) electrons. The van der Waals surface area contributed by atoms with E-state index < -0.39 is 24.2 Å². The van der Waals surface area contributed by atoms with Crippen molar-refractivity contribution in [2.24, 2.45) is 5.73 Å². The summed E-state index contributed by atoms with van der Waals surface area (Å²) < 4.78 is 0. The molecule has 0 spiro atoms. The monoisotopic (exact) mass is 160 g/mol. The summed E-state index contributed by atoms with van der Waals surface area (Å²) in [4.78, 5) is 10.6. The number of hydrogen-bond donors (Lipinski definition) is 4. The van der Waals surface area contributed by atoms with Crippen molar-refractivity contribution in [3.63, 3.8) is 0 Å². The average molecular weight is 160 g/mol. The van der Waals surface area contributed by atoms with E-state index in [0.29, 0.717) is 0 Å². The maximum Gasteiger partial charge on any atom is 0.237 e. The lowest BCUT2D eigenvalue weighted by Crippen LogP contribution is -2.44. The highest BCUT2D eigenvalue weighted by Gasteiger charge is 2.41. The Hall–Kier alpha value is -0.650. The van der Waals surface area contributed by atoms with E-state index in [2.05, 4.69) is 5.32 Å². The molecule has 11 heavy (non-hydrogen) atoms. The molecule has 1 rings (SSSR count).